The summed E-state index contributed by atoms with van der Waals surface area (Å²) in [6.45, 7) is 1.03. The van der Waals surface area contributed by atoms with Gasteiger partial charge < -0.3 is 15.5 Å². The van der Waals surface area contributed by atoms with E-state index in [4.69, 9.17) is 10.3 Å². The molecule has 34 heavy (non-hydrogen) atoms. The number of fused-ring (bicyclic) bond motifs is 4. The highest BCUT2D eigenvalue weighted by Crippen LogP contribution is 2.48. The number of nitriles is 1. The molecule has 4 fully saturated rings. The Morgan fingerprint density at radius 3 is 2.88 bits per heavy atom. The molecule has 0 spiro atoms. The van der Waals surface area contributed by atoms with E-state index in [2.05, 4.69) is 10.8 Å². The maximum atomic E-state index is 13.4. The largest absolute Gasteiger partial charge is 0.330 e. The van der Waals surface area contributed by atoms with Gasteiger partial charge in [-0.1, -0.05) is 6.07 Å². The fourth-order valence-corrected chi connectivity index (χ4v) is 7.09. The molecule has 3 heterocycles. The minimum atomic E-state index is -2.12. The molecule has 2 unspecified atom stereocenters. The molecule has 3 saturated heterocycles. The predicted molar refractivity (Wildman–Crippen MR) is 123 cm³/mol. The number of nitrogens with zero attached hydrogens (tertiary/aromatic N) is 4. The van der Waals surface area contributed by atoms with Gasteiger partial charge in [0, 0.05) is 30.9 Å². The smallest absolute Gasteiger partial charge is 0.259 e. The van der Waals surface area contributed by atoms with E-state index < -0.39 is 17.3 Å². The normalized spacial score (nSPS) is 35.1. The highest BCUT2D eigenvalue weighted by molar-refractivity contribution is 7.80. The van der Waals surface area contributed by atoms with Crippen LogP contribution in [0.1, 0.15) is 42.9 Å². The Balaban J connectivity index is 1.11. The van der Waals surface area contributed by atoms with E-state index in [0.717, 1.165) is 43.2 Å². The van der Waals surface area contributed by atoms with Crippen LogP contribution in [0.2, 0.25) is 0 Å². The molecule has 8 atom stereocenters. The number of piperazine rings is 1. The summed E-state index contributed by atoms with van der Waals surface area (Å²) < 4.78 is 22.6. The summed E-state index contributed by atoms with van der Waals surface area (Å²) >= 11 is -2.12. The number of anilines is 1. The van der Waals surface area contributed by atoms with E-state index >= 15 is 0 Å². The first-order chi connectivity index (χ1) is 16.4. The first-order valence-electron chi connectivity index (χ1n) is 11.9. The molecule has 0 aromatic heterocycles. The summed E-state index contributed by atoms with van der Waals surface area (Å²) in [5.41, 5.74) is 9.09. The highest BCUT2D eigenvalue weighted by Gasteiger charge is 2.56. The Hall–Kier alpha value is -2.52. The zero-order chi connectivity index (χ0) is 23.7. The Morgan fingerprint density at radius 2 is 2.15 bits per heavy atom. The highest BCUT2D eigenvalue weighted by atomic mass is 32.2. The van der Waals surface area contributed by atoms with Crippen molar-refractivity contribution in [3.63, 3.8) is 0 Å². The van der Waals surface area contributed by atoms with Crippen LogP contribution in [0.5, 0.6) is 0 Å². The number of nitrogens with two attached hydrogens (primary N) is 1. The van der Waals surface area contributed by atoms with Gasteiger partial charge in [0.1, 0.15) is 6.04 Å². The number of hydrogen-bond acceptors (Lipinski definition) is 6. The van der Waals surface area contributed by atoms with Crippen LogP contribution >= 0.6 is 0 Å². The lowest BCUT2D eigenvalue weighted by Crippen LogP contribution is -2.57. The number of rotatable bonds is 6. The molecule has 6 rings (SSSR count). The average molecular weight is 485 g/mol. The first kappa shape index (κ1) is 22.0. The van der Waals surface area contributed by atoms with Crippen molar-refractivity contribution in [2.45, 2.75) is 68.4 Å². The van der Waals surface area contributed by atoms with Crippen LogP contribution < -0.4 is 10.5 Å². The molecule has 1 aromatic rings. The molecule has 3 aliphatic heterocycles. The fourth-order valence-electron chi connectivity index (χ4n) is 6.76. The summed E-state index contributed by atoms with van der Waals surface area (Å²) in [4.78, 5) is 32.1. The number of amides is 2. The van der Waals surface area contributed by atoms with Crippen molar-refractivity contribution < 1.29 is 18.4 Å². The zero-order valence-electron chi connectivity index (χ0n) is 18.7. The lowest BCUT2D eigenvalue weighted by atomic mass is 10.0. The van der Waals surface area contributed by atoms with E-state index in [1.165, 1.54) is 0 Å². The maximum Gasteiger partial charge on any atom is 0.259 e. The topological polar surface area (TPSA) is 143 Å². The van der Waals surface area contributed by atoms with Crippen molar-refractivity contribution in [3.8, 4) is 6.07 Å². The van der Waals surface area contributed by atoms with Crippen LogP contribution in [0.4, 0.5) is 5.69 Å². The monoisotopic (exact) mass is 484 g/mol. The van der Waals surface area contributed by atoms with Gasteiger partial charge in [-0.2, -0.15) is 5.26 Å². The summed E-state index contributed by atoms with van der Waals surface area (Å²) in [6, 6.07) is 6.76. The quantitative estimate of drug-likeness (QED) is 0.494. The Morgan fingerprint density at radius 1 is 1.32 bits per heavy atom. The summed E-state index contributed by atoms with van der Waals surface area (Å²) in [5, 5.41) is 9.39. The lowest BCUT2D eigenvalue weighted by Gasteiger charge is -2.38. The van der Waals surface area contributed by atoms with Crippen molar-refractivity contribution in [2.75, 3.05) is 17.8 Å². The number of benzene rings is 1. The van der Waals surface area contributed by atoms with E-state index in [-0.39, 0.29) is 42.0 Å². The maximum absolute atomic E-state index is 13.4. The summed E-state index contributed by atoms with van der Waals surface area (Å²) in [6.07, 6.45) is 4.11. The number of likely N-dealkylation sites (tertiary alicyclic amines) is 3. The van der Waals surface area contributed by atoms with Crippen molar-refractivity contribution in [3.05, 3.63) is 29.3 Å². The third-order valence-corrected chi connectivity index (χ3v) is 8.71. The average Bonchev–Trinajstić information content (AvgIpc) is 3.14. The van der Waals surface area contributed by atoms with Gasteiger partial charge in [0.15, 0.2) is 0 Å². The Labute approximate surface area is 200 Å². The summed E-state index contributed by atoms with van der Waals surface area (Å²) in [5.74, 6) is 0.373. The molecule has 2 aliphatic carbocycles. The third-order valence-electron chi connectivity index (χ3n) is 8.30. The second kappa shape index (κ2) is 8.02. The van der Waals surface area contributed by atoms with Crippen molar-refractivity contribution in [2.24, 2.45) is 11.7 Å². The van der Waals surface area contributed by atoms with Crippen molar-refractivity contribution >= 4 is 28.8 Å². The number of piperidine rings is 1. The van der Waals surface area contributed by atoms with E-state index in [1.807, 2.05) is 21.9 Å². The van der Waals surface area contributed by atoms with Gasteiger partial charge in [-0.15, -0.1) is 0 Å². The zero-order valence-corrected chi connectivity index (χ0v) is 19.5. The molecule has 1 aromatic carbocycles. The molecular formula is C23H28N6O4S. The molecular weight excluding hydrogens is 456 g/mol. The van der Waals surface area contributed by atoms with Gasteiger partial charge in [0.05, 0.1) is 24.2 Å². The van der Waals surface area contributed by atoms with E-state index in [0.29, 0.717) is 24.7 Å². The Bertz CT molecular complexity index is 1120. The van der Waals surface area contributed by atoms with Gasteiger partial charge in [-0.3, -0.25) is 23.8 Å². The van der Waals surface area contributed by atoms with Crippen LogP contribution in [0.25, 0.3) is 0 Å². The minimum absolute atomic E-state index is 0.0106. The number of carbonyl (C=O) groups is 2. The number of hydrogen-bond donors (Lipinski definition) is 3. The van der Waals surface area contributed by atoms with Crippen LogP contribution in [0.3, 0.4) is 0 Å². The molecule has 2 bridgehead atoms. The molecule has 10 nitrogen and oxygen atoms in total. The van der Waals surface area contributed by atoms with Gasteiger partial charge in [0.25, 0.3) is 11.3 Å². The molecule has 2 amide bonds. The Kier molecular flexibility index (Phi) is 5.18. The number of nitrogens with one attached hydrogen (secondary N) is 1. The van der Waals surface area contributed by atoms with Gasteiger partial charge in [-0.05, 0) is 61.3 Å². The first-order valence-corrected chi connectivity index (χ1v) is 13.0. The third kappa shape index (κ3) is 3.43. The van der Waals surface area contributed by atoms with E-state index in [1.54, 1.807) is 11.0 Å². The molecule has 4 N–H and O–H groups in total. The van der Waals surface area contributed by atoms with Crippen molar-refractivity contribution in [1.82, 2.24) is 14.7 Å². The molecule has 180 valence electrons. The second-order valence-corrected chi connectivity index (χ2v) is 10.9. The molecule has 1 saturated carbocycles. The molecule has 0 radical (unpaired) electrons. The molecule has 11 heteroatoms. The standard InChI is InChI=1S/C23H28N6O4S/c24-9-15-6-13-7-20(13)28(15)22(30)18(25)11-27-10-16-8-21(27)23(31)29(16)19-4-1-12-5-14(26-34(32)33)2-3-17(12)19/h2-3,5,13,15-16,18-21,26H,1,4,6-8,10-11,25H2,(H,32,33)/t13?,15-,16-,18-,19-,20-,21-/m0/s1. The van der Waals surface area contributed by atoms with Gasteiger partial charge >= 0.3 is 0 Å². The van der Waals surface area contributed by atoms with Crippen LogP contribution in [0, 0.1) is 17.2 Å². The fraction of sp³-hybridized carbons (Fsp3) is 0.609. The number of aryl methyl sites for hydroxylation is 1. The van der Waals surface area contributed by atoms with Crippen LogP contribution in [-0.4, -0.2) is 78.6 Å². The van der Waals surface area contributed by atoms with Crippen LogP contribution in [-0.2, 0) is 27.3 Å². The van der Waals surface area contributed by atoms with Crippen LogP contribution in [0.15, 0.2) is 18.2 Å². The summed E-state index contributed by atoms with van der Waals surface area (Å²) in [7, 11) is 0. The lowest BCUT2D eigenvalue weighted by molar-refractivity contribution is -0.141. The van der Waals surface area contributed by atoms with E-state index in [9.17, 15) is 19.1 Å². The minimum Gasteiger partial charge on any atom is -0.330 e. The second-order valence-electron chi connectivity index (χ2n) is 10.2. The van der Waals surface area contributed by atoms with Crippen molar-refractivity contribution in [1.29, 1.82) is 5.26 Å². The number of carbonyl (C=O) groups excluding carboxylic acids is 2. The predicted octanol–water partition coefficient (Wildman–Crippen LogP) is 0.348. The SMILES string of the molecule is N#C[C@@H]1CC2C[C@@H]2N1C(=O)[C@@H](N)CN1C[C@@H]2C[C@H]1C(=O)N2[C@H]1CCc2cc(NS(=O)O)ccc21. The van der Waals surface area contributed by atoms with Gasteiger partial charge in [0.2, 0.25) is 11.8 Å². The molecule has 5 aliphatic rings. The van der Waals surface area contributed by atoms with Gasteiger partial charge in [-0.25, -0.2) is 4.21 Å².